The molecule has 28 heavy (non-hydrogen) atoms. The summed E-state index contributed by atoms with van der Waals surface area (Å²) in [4.78, 5) is 11.3. The lowest BCUT2D eigenvalue weighted by molar-refractivity contribution is 0.390. The summed E-state index contributed by atoms with van der Waals surface area (Å²) < 4.78 is 0. The van der Waals surface area contributed by atoms with Gasteiger partial charge in [0.2, 0.25) is 0 Å². The molecule has 1 saturated carbocycles. The van der Waals surface area contributed by atoms with E-state index in [9.17, 15) is 15.3 Å². The van der Waals surface area contributed by atoms with Crippen molar-refractivity contribution in [2.24, 2.45) is 9.98 Å². The average Bonchev–Trinajstić information content (AvgIpc) is 2.67. The molecule has 3 rings (SSSR count). The predicted molar refractivity (Wildman–Crippen MR) is 113 cm³/mol. The van der Waals surface area contributed by atoms with E-state index in [4.69, 9.17) is 4.99 Å². The van der Waals surface area contributed by atoms with E-state index in [1.165, 1.54) is 12.1 Å². The monoisotopic (exact) mass is 381 g/mol. The van der Waals surface area contributed by atoms with Gasteiger partial charge in [-0.05, 0) is 37.1 Å². The number of phenols is 3. The number of aliphatic imine (C=N–C) groups is 2. The number of phenolic OH excluding ortho intramolecular Hbond substituents is 3. The van der Waals surface area contributed by atoms with E-state index < -0.39 is 0 Å². The third-order valence-corrected chi connectivity index (χ3v) is 5.05. The zero-order chi connectivity index (χ0) is 20.1. The quantitative estimate of drug-likeness (QED) is 0.689. The maximum atomic E-state index is 10.2. The molecule has 0 aliphatic heterocycles. The molecule has 6 nitrogen and oxygen atoms in total. The van der Waals surface area contributed by atoms with E-state index >= 15 is 0 Å². The largest absolute Gasteiger partial charge is 0.508 e. The molecule has 3 N–H and O–H groups in total. The molecule has 6 heteroatoms. The number of nitrogens with zero attached hydrogens (tertiary/aromatic N) is 3. The van der Waals surface area contributed by atoms with Crippen LogP contribution in [0.2, 0.25) is 0 Å². The van der Waals surface area contributed by atoms with Crippen molar-refractivity contribution in [3.63, 3.8) is 0 Å². The second-order valence-corrected chi connectivity index (χ2v) is 7.36. The summed E-state index contributed by atoms with van der Waals surface area (Å²) in [5.41, 5.74) is 2.20. The number of hydrogen-bond acceptors (Lipinski definition) is 6. The first-order valence-electron chi connectivity index (χ1n) is 9.52. The van der Waals surface area contributed by atoms with Gasteiger partial charge in [-0.1, -0.05) is 12.8 Å². The summed E-state index contributed by atoms with van der Waals surface area (Å²) in [7, 11) is 3.86. The minimum absolute atomic E-state index is 0.00511. The third kappa shape index (κ3) is 4.82. The molecule has 1 aliphatic carbocycles. The molecule has 1 aliphatic rings. The Morgan fingerprint density at radius 1 is 0.821 bits per heavy atom. The zero-order valence-electron chi connectivity index (χ0n) is 16.3. The molecule has 0 bridgehead atoms. The number of rotatable bonds is 5. The third-order valence-electron chi connectivity index (χ3n) is 5.05. The summed E-state index contributed by atoms with van der Waals surface area (Å²) in [5, 5.41) is 29.6. The highest BCUT2D eigenvalue weighted by Crippen LogP contribution is 2.27. The van der Waals surface area contributed by atoms with Crippen LogP contribution in [0.25, 0.3) is 0 Å². The summed E-state index contributed by atoms with van der Waals surface area (Å²) >= 11 is 0. The average molecular weight is 381 g/mol. The van der Waals surface area contributed by atoms with Crippen LogP contribution in [0.4, 0.5) is 5.69 Å². The van der Waals surface area contributed by atoms with Crippen molar-refractivity contribution >= 4 is 18.1 Å². The fraction of sp³-hybridized carbons (Fsp3) is 0.364. The molecule has 0 amide bonds. The van der Waals surface area contributed by atoms with Crippen molar-refractivity contribution < 1.29 is 15.3 Å². The maximum absolute atomic E-state index is 10.2. The predicted octanol–water partition coefficient (Wildman–Crippen LogP) is 3.72. The van der Waals surface area contributed by atoms with Gasteiger partial charge in [-0.3, -0.25) is 9.98 Å². The van der Waals surface area contributed by atoms with Gasteiger partial charge in [-0.2, -0.15) is 0 Å². The van der Waals surface area contributed by atoms with Crippen molar-refractivity contribution in [1.82, 2.24) is 0 Å². The first-order valence-corrected chi connectivity index (χ1v) is 9.52. The van der Waals surface area contributed by atoms with Crippen LogP contribution < -0.4 is 4.90 Å². The molecule has 0 radical (unpaired) electrons. The van der Waals surface area contributed by atoms with Gasteiger partial charge in [-0.15, -0.1) is 0 Å². The Kier molecular flexibility index (Phi) is 6.19. The Morgan fingerprint density at radius 2 is 1.36 bits per heavy atom. The van der Waals surface area contributed by atoms with Crippen molar-refractivity contribution in [3.05, 3.63) is 47.5 Å². The Morgan fingerprint density at radius 3 is 1.86 bits per heavy atom. The first kappa shape index (κ1) is 19.7. The number of benzene rings is 2. The number of anilines is 1. The highest BCUT2D eigenvalue weighted by Gasteiger charge is 2.23. The lowest BCUT2D eigenvalue weighted by Gasteiger charge is -2.25. The van der Waals surface area contributed by atoms with Crippen LogP contribution in [0.15, 0.2) is 46.4 Å². The van der Waals surface area contributed by atoms with Crippen LogP contribution in [0.5, 0.6) is 17.2 Å². The van der Waals surface area contributed by atoms with Crippen LogP contribution in [0, 0.1) is 0 Å². The van der Waals surface area contributed by atoms with Gasteiger partial charge in [-0.25, -0.2) is 0 Å². The number of hydrogen-bond donors (Lipinski definition) is 3. The van der Waals surface area contributed by atoms with Crippen LogP contribution in [0.1, 0.15) is 36.8 Å². The Balaban J connectivity index is 1.74. The van der Waals surface area contributed by atoms with Crippen molar-refractivity contribution in [1.29, 1.82) is 0 Å². The maximum Gasteiger partial charge on any atom is 0.128 e. The van der Waals surface area contributed by atoms with E-state index in [0.29, 0.717) is 11.1 Å². The molecule has 1 fully saturated rings. The van der Waals surface area contributed by atoms with E-state index in [-0.39, 0.29) is 29.3 Å². The SMILES string of the molecule is CN(C)c1ccc(C=N[C@@H]2CCCC[C@H]2N=Cc2ccc(O)cc2O)c(O)c1. The smallest absolute Gasteiger partial charge is 0.128 e. The van der Waals surface area contributed by atoms with Gasteiger partial charge in [0.05, 0.1) is 12.1 Å². The molecule has 0 aromatic heterocycles. The van der Waals surface area contributed by atoms with Crippen molar-refractivity contribution in [2.75, 3.05) is 19.0 Å². The fourth-order valence-electron chi connectivity index (χ4n) is 3.35. The van der Waals surface area contributed by atoms with Gasteiger partial charge in [0.1, 0.15) is 17.2 Å². The Hall–Kier alpha value is -3.02. The topological polar surface area (TPSA) is 88.7 Å². The molecule has 148 valence electrons. The molecule has 2 atom stereocenters. The van der Waals surface area contributed by atoms with Gasteiger partial charge in [0.25, 0.3) is 0 Å². The van der Waals surface area contributed by atoms with E-state index in [1.54, 1.807) is 24.6 Å². The second-order valence-electron chi connectivity index (χ2n) is 7.36. The van der Waals surface area contributed by atoms with Gasteiger partial charge >= 0.3 is 0 Å². The zero-order valence-corrected chi connectivity index (χ0v) is 16.3. The molecule has 0 unspecified atom stereocenters. The lowest BCUT2D eigenvalue weighted by Crippen LogP contribution is -2.27. The molecule has 2 aromatic carbocycles. The van der Waals surface area contributed by atoms with E-state index in [1.807, 2.05) is 31.1 Å². The minimum atomic E-state index is 0.00511. The molecule has 0 saturated heterocycles. The second kappa shape index (κ2) is 8.78. The summed E-state index contributed by atoms with van der Waals surface area (Å²) in [6, 6.07) is 10.1. The van der Waals surface area contributed by atoms with Gasteiger partial charge in [0.15, 0.2) is 0 Å². The van der Waals surface area contributed by atoms with E-state index in [2.05, 4.69) is 4.99 Å². The summed E-state index contributed by atoms with van der Waals surface area (Å²) in [6.45, 7) is 0. The fourth-order valence-corrected chi connectivity index (χ4v) is 3.35. The summed E-state index contributed by atoms with van der Waals surface area (Å²) in [6.07, 6.45) is 7.45. The van der Waals surface area contributed by atoms with Crippen molar-refractivity contribution in [3.8, 4) is 17.2 Å². The van der Waals surface area contributed by atoms with Crippen molar-refractivity contribution in [2.45, 2.75) is 37.8 Å². The molecule has 0 heterocycles. The first-order chi connectivity index (χ1) is 13.4. The Bertz CT molecular complexity index is 877. The summed E-state index contributed by atoms with van der Waals surface area (Å²) in [5.74, 6) is 0.236. The standard InChI is InChI=1S/C22H27N3O3/c1-25(2)17-9-7-15(21(27)11-17)13-23-19-5-3-4-6-20(19)24-14-16-8-10-18(26)12-22(16)28/h7-14,19-20,26-28H,3-6H2,1-2H3/t19-,20-/m1/s1. The molecule has 2 aromatic rings. The van der Waals surface area contributed by atoms with Crippen LogP contribution >= 0.6 is 0 Å². The molecular weight excluding hydrogens is 354 g/mol. The highest BCUT2D eigenvalue weighted by molar-refractivity contribution is 5.85. The van der Waals surface area contributed by atoms with E-state index in [0.717, 1.165) is 31.4 Å². The Labute approximate surface area is 165 Å². The molecular formula is C22H27N3O3. The van der Waals surface area contributed by atoms with Crippen LogP contribution in [0.3, 0.4) is 0 Å². The molecule has 0 spiro atoms. The minimum Gasteiger partial charge on any atom is -0.508 e. The van der Waals surface area contributed by atoms with Crippen LogP contribution in [-0.2, 0) is 0 Å². The van der Waals surface area contributed by atoms with Crippen LogP contribution in [-0.4, -0.2) is 53.9 Å². The van der Waals surface area contributed by atoms with Gasteiger partial charge < -0.3 is 20.2 Å². The number of aromatic hydroxyl groups is 3. The normalized spacial score (nSPS) is 20.1. The lowest BCUT2D eigenvalue weighted by atomic mass is 9.91. The highest BCUT2D eigenvalue weighted by atomic mass is 16.3. The van der Waals surface area contributed by atoms with Gasteiger partial charge in [0, 0.05) is 55.5 Å².